The van der Waals surface area contributed by atoms with Gasteiger partial charge in [0.15, 0.2) is 0 Å². The molecule has 1 aliphatic heterocycles. The molecule has 0 aromatic heterocycles. The van der Waals surface area contributed by atoms with Gasteiger partial charge in [0, 0.05) is 19.4 Å². The van der Waals surface area contributed by atoms with Crippen LogP contribution in [0.4, 0.5) is 8.78 Å². The Morgan fingerprint density at radius 2 is 2.33 bits per heavy atom. The smallest absolute Gasteiger partial charge is 0.323 e. The minimum Gasteiger partial charge on any atom is -0.468 e. The molecule has 1 atom stereocenters. The molecule has 1 aliphatic rings. The average molecular weight is 179 g/mol. The van der Waals surface area contributed by atoms with Crippen LogP contribution in [0.1, 0.15) is 12.8 Å². The Bertz CT molecular complexity index is 184. The van der Waals surface area contributed by atoms with E-state index in [2.05, 4.69) is 10.1 Å². The molecular formula is C7H11F2NO2. The summed E-state index contributed by atoms with van der Waals surface area (Å²) in [6.07, 6.45) is -0.667. The molecule has 3 nitrogen and oxygen atoms in total. The number of halogens is 2. The molecule has 0 amide bonds. The summed E-state index contributed by atoms with van der Waals surface area (Å²) in [5, 5.41) is 2.67. The van der Waals surface area contributed by atoms with Gasteiger partial charge in [0.2, 0.25) is 0 Å². The Kier molecular flexibility index (Phi) is 2.62. The molecule has 12 heavy (non-hydrogen) atoms. The van der Waals surface area contributed by atoms with E-state index >= 15 is 0 Å². The van der Waals surface area contributed by atoms with Crippen LogP contribution in [0.15, 0.2) is 0 Å². The maximum Gasteiger partial charge on any atom is 0.323 e. The van der Waals surface area contributed by atoms with Gasteiger partial charge in [0.1, 0.15) is 6.04 Å². The minimum absolute atomic E-state index is 0.159. The lowest BCUT2D eigenvalue weighted by molar-refractivity contribution is -0.148. The number of piperidine rings is 1. The molecule has 0 spiro atoms. The molecule has 0 radical (unpaired) electrons. The second-order valence-corrected chi connectivity index (χ2v) is 2.84. The largest absolute Gasteiger partial charge is 0.468 e. The SMILES string of the molecule is COC(=O)[C@@H]1CC(F)(F)CCN1. The van der Waals surface area contributed by atoms with Crippen LogP contribution in [-0.2, 0) is 9.53 Å². The summed E-state index contributed by atoms with van der Waals surface area (Å²) in [5.74, 6) is -3.35. The van der Waals surface area contributed by atoms with E-state index in [-0.39, 0.29) is 13.0 Å². The van der Waals surface area contributed by atoms with E-state index in [1.807, 2.05) is 0 Å². The zero-order chi connectivity index (χ0) is 9.19. The number of methoxy groups -OCH3 is 1. The fourth-order valence-electron chi connectivity index (χ4n) is 1.21. The summed E-state index contributed by atoms with van der Waals surface area (Å²) in [4.78, 5) is 10.8. The maximum atomic E-state index is 12.7. The summed E-state index contributed by atoms with van der Waals surface area (Å²) in [6.45, 7) is 0.159. The summed E-state index contributed by atoms with van der Waals surface area (Å²) >= 11 is 0. The van der Waals surface area contributed by atoms with E-state index in [1.165, 1.54) is 7.11 Å². The number of hydrogen-bond acceptors (Lipinski definition) is 3. The lowest BCUT2D eigenvalue weighted by atomic mass is 10.0. The van der Waals surface area contributed by atoms with E-state index in [1.54, 1.807) is 0 Å². The Hall–Kier alpha value is -0.710. The van der Waals surface area contributed by atoms with Crippen molar-refractivity contribution in [1.82, 2.24) is 5.32 Å². The number of hydrogen-bond donors (Lipinski definition) is 1. The van der Waals surface area contributed by atoms with Crippen molar-refractivity contribution in [2.75, 3.05) is 13.7 Å². The van der Waals surface area contributed by atoms with Gasteiger partial charge in [-0.2, -0.15) is 0 Å². The van der Waals surface area contributed by atoms with E-state index in [9.17, 15) is 13.6 Å². The first-order valence-electron chi connectivity index (χ1n) is 3.74. The van der Waals surface area contributed by atoms with Crippen LogP contribution in [0, 0.1) is 0 Å². The molecular weight excluding hydrogens is 168 g/mol. The summed E-state index contributed by atoms with van der Waals surface area (Å²) in [7, 11) is 1.19. The number of nitrogens with one attached hydrogen (secondary N) is 1. The normalized spacial score (nSPS) is 28.1. The topological polar surface area (TPSA) is 38.3 Å². The van der Waals surface area contributed by atoms with Gasteiger partial charge in [-0.1, -0.05) is 0 Å². The van der Waals surface area contributed by atoms with Crippen LogP contribution in [-0.4, -0.2) is 31.6 Å². The van der Waals surface area contributed by atoms with Gasteiger partial charge in [0.25, 0.3) is 5.92 Å². The second-order valence-electron chi connectivity index (χ2n) is 2.84. The van der Waals surface area contributed by atoms with Gasteiger partial charge in [-0.3, -0.25) is 4.79 Å². The number of carbonyl (C=O) groups is 1. The molecule has 0 aromatic rings. The highest BCUT2D eigenvalue weighted by Gasteiger charge is 2.39. The quantitative estimate of drug-likeness (QED) is 0.597. The number of rotatable bonds is 1. The second kappa shape index (κ2) is 3.35. The molecule has 1 fully saturated rings. The van der Waals surface area contributed by atoms with Gasteiger partial charge < -0.3 is 10.1 Å². The average Bonchev–Trinajstić information content (AvgIpc) is 2.01. The zero-order valence-corrected chi connectivity index (χ0v) is 6.77. The molecule has 70 valence electrons. The first kappa shape index (κ1) is 9.38. The Morgan fingerprint density at radius 3 is 2.83 bits per heavy atom. The molecule has 1 heterocycles. The van der Waals surface area contributed by atoms with Gasteiger partial charge in [-0.15, -0.1) is 0 Å². The predicted molar refractivity (Wildman–Crippen MR) is 38.0 cm³/mol. The molecule has 0 saturated carbocycles. The number of alkyl halides is 2. The van der Waals surface area contributed by atoms with Crippen molar-refractivity contribution in [1.29, 1.82) is 0 Å². The molecule has 0 aliphatic carbocycles. The summed E-state index contributed by atoms with van der Waals surface area (Å²) in [5.41, 5.74) is 0. The van der Waals surface area contributed by atoms with Crippen molar-refractivity contribution in [2.45, 2.75) is 24.8 Å². The third-order valence-electron chi connectivity index (χ3n) is 1.87. The molecule has 0 aromatic carbocycles. The predicted octanol–water partition coefficient (Wildman–Crippen LogP) is 0.547. The Morgan fingerprint density at radius 1 is 1.67 bits per heavy atom. The molecule has 1 rings (SSSR count). The van der Waals surface area contributed by atoms with Crippen LogP contribution in [0.2, 0.25) is 0 Å². The molecule has 5 heteroatoms. The van der Waals surface area contributed by atoms with E-state index in [0.29, 0.717) is 0 Å². The van der Waals surface area contributed by atoms with Gasteiger partial charge in [-0.05, 0) is 0 Å². The van der Waals surface area contributed by atoms with Crippen molar-refractivity contribution >= 4 is 5.97 Å². The summed E-state index contributed by atoms with van der Waals surface area (Å²) < 4.78 is 29.8. The van der Waals surface area contributed by atoms with Crippen LogP contribution < -0.4 is 5.32 Å². The molecule has 0 unspecified atom stereocenters. The first-order valence-corrected chi connectivity index (χ1v) is 3.74. The fraction of sp³-hybridized carbons (Fsp3) is 0.857. The van der Waals surface area contributed by atoms with E-state index in [0.717, 1.165) is 0 Å². The van der Waals surface area contributed by atoms with Crippen LogP contribution in [0.5, 0.6) is 0 Å². The standard InChI is InChI=1S/C7H11F2NO2/c1-12-6(11)5-4-7(8,9)2-3-10-5/h5,10H,2-4H2,1H3/t5-/m0/s1. The first-order chi connectivity index (χ1) is 5.55. The van der Waals surface area contributed by atoms with Crippen LogP contribution in [0.3, 0.4) is 0 Å². The third-order valence-corrected chi connectivity index (χ3v) is 1.87. The number of ether oxygens (including phenoxy) is 1. The fourth-order valence-corrected chi connectivity index (χ4v) is 1.21. The van der Waals surface area contributed by atoms with Crippen molar-refractivity contribution < 1.29 is 18.3 Å². The monoisotopic (exact) mass is 179 g/mol. The van der Waals surface area contributed by atoms with Crippen molar-refractivity contribution in [2.24, 2.45) is 0 Å². The zero-order valence-electron chi connectivity index (χ0n) is 6.77. The highest BCUT2D eigenvalue weighted by atomic mass is 19.3. The highest BCUT2D eigenvalue weighted by Crippen LogP contribution is 2.27. The molecule has 1 N–H and O–H groups in total. The number of carbonyl (C=O) groups excluding carboxylic acids is 1. The van der Waals surface area contributed by atoms with E-state index in [4.69, 9.17) is 0 Å². The highest BCUT2D eigenvalue weighted by molar-refractivity contribution is 5.75. The Labute approximate surface area is 69.1 Å². The third kappa shape index (κ3) is 2.14. The Balaban J connectivity index is 2.52. The van der Waals surface area contributed by atoms with E-state index < -0.39 is 24.4 Å². The van der Waals surface area contributed by atoms with Gasteiger partial charge in [0.05, 0.1) is 7.11 Å². The van der Waals surface area contributed by atoms with Crippen molar-refractivity contribution in [3.05, 3.63) is 0 Å². The lowest BCUT2D eigenvalue weighted by Crippen LogP contribution is -2.48. The maximum absolute atomic E-state index is 12.7. The molecule has 0 bridgehead atoms. The van der Waals surface area contributed by atoms with Crippen molar-refractivity contribution in [3.63, 3.8) is 0 Å². The van der Waals surface area contributed by atoms with Crippen molar-refractivity contribution in [3.8, 4) is 0 Å². The number of esters is 1. The summed E-state index contributed by atoms with van der Waals surface area (Å²) in [6, 6.07) is -0.848. The van der Waals surface area contributed by atoms with Crippen LogP contribution >= 0.6 is 0 Å². The lowest BCUT2D eigenvalue weighted by Gasteiger charge is -2.28. The minimum atomic E-state index is -2.73. The molecule has 1 saturated heterocycles. The van der Waals surface area contributed by atoms with Crippen LogP contribution in [0.25, 0.3) is 0 Å². The van der Waals surface area contributed by atoms with Gasteiger partial charge in [-0.25, -0.2) is 8.78 Å². The van der Waals surface area contributed by atoms with Gasteiger partial charge >= 0.3 is 5.97 Å².